The van der Waals surface area contributed by atoms with Gasteiger partial charge in [0.25, 0.3) is 5.91 Å². The van der Waals surface area contributed by atoms with E-state index in [4.69, 9.17) is 10.5 Å². The lowest BCUT2D eigenvalue weighted by molar-refractivity contribution is 0.0695. The molecule has 0 spiro atoms. The molecule has 0 atom stereocenters. The van der Waals surface area contributed by atoms with Crippen molar-refractivity contribution in [2.24, 2.45) is 0 Å². The molecule has 0 aliphatic carbocycles. The second-order valence-corrected chi connectivity index (χ2v) is 4.23. The number of amides is 1. The average Bonchev–Trinajstić information content (AvgIpc) is 2.71. The maximum Gasteiger partial charge on any atom is 0.270 e. The Morgan fingerprint density at radius 2 is 2.22 bits per heavy atom. The molecule has 1 aromatic heterocycles. The Hall–Kier alpha value is -1.49. The van der Waals surface area contributed by atoms with Crippen molar-refractivity contribution in [3.8, 4) is 0 Å². The van der Waals surface area contributed by atoms with Gasteiger partial charge in [0.2, 0.25) is 0 Å². The highest BCUT2D eigenvalue weighted by atomic mass is 16.5. The predicted molar refractivity (Wildman–Crippen MR) is 72.6 cm³/mol. The Labute approximate surface area is 109 Å². The summed E-state index contributed by atoms with van der Waals surface area (Å²) >= 11 is 0. The number of hydrogen-bond donors (Lipinski definition) is 1. The molecule has 1 aromatic rings. The summed E-state index contributed by atoms with van der Waals surface area (Å²) in [6.45, 7) is 6.66. The number of rotatable bonds is 7. The lowest BCUT2D eigenvalue weighted by Gasteiger charge is -2.21. The molecular formula is C13H23N3O2. The van der Waals surface area contributed by atoms with Gasteiger partial charge in [-0.05, 0) is 19.4 Å². The summed E-state index contributed by atoms with van der Waals surface area (Å²) < 4.78 is 6.94. The molecule has 0 bridgehead atoms. The molecule has 102 valence electrons. The molecule has 5 heteroatoms. The third-order valence-electron chi connectivity index (χ3n) is 2.84. The van der Waals surface area contributed by atoms with Crippen LogP contribution in [-0.2, 0) is 11.3 Å². The highest BCUT2D eigenvalue weighted by molar-refractivity contribution is 5.93. The van der Waals surface area contributed by atoms with Crippen molar-refractivity contribution in [2.75, 3.05) is 32.5 Å². The number of aromatic nitrogens is 1. The fraction of sp³-hybridized carbons (Fsp3) is 0.615. The number of anilines is 1. The van der Waals surface area contributed by atoms with Gasteiger partial charge in [-0.25, -0.2) is 0 Å². The monoisotopic (exact) mass is 253 g/mol. The maximum atomic E-state index is 12.4. The number of hydrogen-bond acceptors (Lipinski definition) is 3. The summed E-state index contributed by atoms with van der Waals surface area (Å²) in [6, 6.07) is 1.74. The summed E-state index contributed by atoms with van der Waals surface area (Å²) in [5.74, 6) is 0.0136. The first-order valence-electron chi connectivity index (χ1n) is 6.37. The predicted octanol–water partition coefficient (Wildman–Crippen LogP) is 1.59. The number of likely N-dealkylation sites (N-methyl/N-ethyl adjacent to an activating group) is 1. The van der Waals surface area contributed by atoms with E-state index >= 15 is 0 Å². The van der Waals surface area contributed by atoms with Gasteiger partial charge in [0.05, 0.1) is 12.3 Å². The van der Waals surface area contributed by atoms with E-state index in [2.05, 4.69) is 6.92 Å². The quantitative estimate of drug-likeness (QED) is 0.802. The van der Waals surface area contributed by atoms with Crippen LogP contribution in [0.25, 0.3) is 0 Å². The summed E-state index contributed by atoms with van der Waals surface area (Å²) in [7, 11) is 1.64. The smallest absolute Gasteiger partial charge is 0.270 e. The topological polar surface area (TPSA) is 60.5 Å². The molecule has 0 fully saturated rings. The Bertz CT molecular complexity index is 388. The summed E-state index contributed by atoms with van der Waals surface area (Å²) in [5.41, 5.74) is 7.07. The molecule has 0 saturated carbocycles. The van der Waals surface area contributed by atoms with E-state index in [1.165, 1.54) is 0 Å². The van der Waals surface area contributed by atoms with Gasteiger partial charge >= 0.3 is 0 Å². The molecular weight excluding hydrogens is 230 g/mol. The van der Waals surface area contributed by atoms with Crippen LogP contribution in [0.2, 0.25) is 0 Å². The number of methoxy groups -OCH3 is 1. The average molecular weight is 253 g/mol. The highest BCUT2D eigenvalue weighted by Crippen LogP contribution is 2.14. The molecule has 18 heavy (non-hydrogen) atoms. The molecule has 0 saturated heterocycles. The summed E-state index contributed by atoms with van der Waals surface area (Å²) in [5, 5.41) is 0. The number of nitrogen functional groups attached to an aromatic ring is 1. The van der Waals surface area contributed by atoms with Crippen LogP contribution in [0.15, 0.2) is 12.3 Å². The van der Waals surface area contributed by atoms with Gasteiger partial charge in [-0.1, -0.05) is 6.92 Å². The molecule has 0 aliphatic heterocycles. The largest absolute Gasteiger partial charge is 0.397 e. The number of carbonyl (C=O) groups excluding carboxylic acids is 1. The first-order valence-corrected chi connectivity index (χ1v) is 6.37. The van der Waals surface area contributed by atoms with Crippen LogP contribution in [0.3, 0.4) is 0 Å². The number of nitrogens with zero attached hydrogens (tertiary/aromatic N) is 2. The highest BCUT2D eigenvalue weighted by Gasteiger charge is 2.18. The minimum atomic E-state index is 0.0136. The maximum absolute atomic E-state index is 12.4. The molecule has 0 aromatic carbocycles. The molecule has 5 nitrogen and oxygen atoms in total. The first kappa shape index (κ1) is 14.6. The Morgan fingerprint density at radius 3 is 2.78 bits per heavy atom. The Balaban J connectivity index is 2.86. The normalized spacial score (nSPS) is 10.6. The third kappa shape index (κ3) is 3.50. The van der Waals surface area contributed by atoms with E-state index < -0.39 is 0 Å². The van der Waals surface area contributed by atoms with E-state index in [1.807, 2.05) is 17.7 Å². The van der Waals surface area contributed by atoms with E-state index in [1.54, 1.807) is 18.1 Å². The van der Waals surface area contributed by atoms with Crippen molar-refractivity contribution in [2.45, 2.75) is 26.8 Å². The zero-order valence-corrected chi connectivity index (χ0v) is 11.5. The van der Waals surface area contributed by atoms with Gasteiger partial charge in [0, 0.05) is 32.9 Å². The van der Waals surface area contributed by atoms with E-state index in [9.17, 15) is 4.79 Å². The fourth-order valence-corrected chi connectivity index (χ4v) is 1.90. The molecule has 0 unspecified atom stereocenters. The van der Waals surface area contributed by atoms with E-state index in [0.717, 1.165) is 13.0 Å². The van der Waals surface area contributed by atoms with E-state index in [-0.39, 0.29) is 5.91 Å². The van der Waals surface area contributed by atoms with Crippen LogP contribution in [0.1, 0.15) is 30.8 Å². The third-order valence-corrected chi connectivity index (χ3v) is 2.84. The number of aryl methyl sites for hydroxylation is 1. The summed E-state index contributed by atoms with van der Waals surface area (Å²) in [4.78, 5) is 14.2. The van der Waals surface area contributed by atoms with Gasteiger partial charge < -0.3 is 19.9 Å². The van der Waals surface area contributed by atoms with Gasteiger partial charge in [-0.15, -0.1) is 0 Å². The van der Waals surface area contributed by atoms with Crippen molar-refractivity contribution < 1.29 is 9.53 Å². The minimum Gasteiger partial charge on any atom is -0.397 e. The van der Waals surface area contributed by atoms with Crippen LogP contribution in [0, 0.1) is 0 Å². The van der Waals surface area contributed by atoms with Crippen LogP contribution in [0.4, 0.5) is 5.69 Å². The van der Waals surface area contributed by atoms with Crippen molar-refractivity contribution in [3.63, 3.8) is 0 Å². The minimum absolute atomic E-state index is 0.0136. The van der Waals surface area contributed by atoms with Crippen LogP contribution in [0.5, 0.6) is 0 Å². The zero-order chi connectivity index (χ0) is 13.5. The standard InChI is InChI=1S/C13H23N3O2/c1-4-6-16-10-11(14)9-12(16)13(17)15(5-2)7-8-18-3/h9-10H,4-8,14H2,1-3H3. The molecule has 0 aliphatic rings. The van der Waals surface area contributed by atoms with Crippen molar-refractivity contribution in [3.05, 3.63) is 18.0 Å². The second kappa shape index (κ2) is 7.06. The lowest BCUT2D eigenvalue weighted by atomic mass is 10.3. The Morgan fingerprint density at radius 1 is 1.50 bits per heavy atom. The van der Waals surface area contributed by atoms with Gasteiger partial charge in [-0.3, -0.25) is 4.79 Å². The molecule has 0 radical (unpaired) electrons. The summed E-state index contributed by atoms with van der Waals surface area (Å²) in [6.07, 6.45) is 2.79. The van der Waals surface area contributed by atoms with Crippen LogP contribution < -0.4 is 5.73 Å². The first-order chi connectivity index (χ1) is 8.63. The van der Waals surface area contributed by atoms with Gasteiger partial charge in [0.1, 0.15) is 5.69 Å². The lowest BCUT2D eigenvalue weighted by Crippen LogP contribution is -2.35. The number of ether oxygens (including phenoxy) is 1. The number of carbonyl (C=O) groups is 1. The fourth-order valence-electron chi connectivity index (χ4n) is 1.90. The van der Waals surface area contributed by atoms with Crippen molar-refractivity contribution >= 4 is 11.6 Å². The molecule has 1 heterocycles. The molecule has 1 rings (SSSR count). The molecule has 1 amide bonds. The van der Waals surface area contributed by atoms with Gasteiger partial charge in [-0.2, -0.15) is 0 Å². The van der Waals surface area contributed by atoms with E-state index in [0.29, 0.717) is 31.1 Å². The van der Waals surface area contributed by atoms with Crippen LogP contribution in [-0.4, -0.2) is 42.2 Å². The Kier molecular flexibility index (Phi) is 5.71. The van der Waals surface area contributed by atoms with Crippen molar-refractivity contribution in [1.29, 1.82) is 0 Å². The second-order valence-electron chi connectivity index (χ2n) is 4.23. The van der Waals surface area contributed by atoms with Crippen LogP contribution >= 0.6 is 0 Å². The van der Waals surface area contributed by atoms with Gasteiger partial charge in [0.15, 0.2) is 0 Å². The number of nitrogens with two attached hydrogens (primary N) is 1. The zero-order valence-electron chi connectivity index (χ0n) is 11.5. The SMILES string of the molecule is CCCn1cc(N)cc1C(=O)N(CC)CCOC. The molecule has 2 N–H and O–H groups in total. The van der Waals surface area contributed by atoms with Crippen molar-refractivity contribution in [1.82, 2.24) is 9.47 Å².